The van der Waals surface area contributed by atoms with E-state index in [2.05, 4.69) is 15.0 Å². The van der Waals surface area contributed by atoms with Crippen molar-refractivity contribution in [2.75, 3.05) is 0 Å². The number of thiazole rings is 1. The van der Waals surface area contributed by atoms with Crippen LogP contribution in [0.3, 0.4) is 0 Å². The summed E-state index contributed by atoms with van der Waals surface area (Å²) in [6, 6.07) is 15.2. The minimum Gasteiger partial charge on any atom is -0.454 e. The first-order chi connectivity index (χ1) is 11.3. The smallest absolute Gasteiger partial charge is 0.358 e. The predicted molar refractivity (Wildman–Crippen MR) is 88.3 cm³/mol. The van der Waals surface area contributed by atoms with Crippen LogP contribution in [0, 0.1) is 0 Å². The molecule has 0 unspecified atom stereocenters. The number of ether oxygens (including phenoxy) is 1. The molecule has 4 aromatic rings. The number of carbonyl (C=O) groups is 1. The van der Waals surface area contributed by atoms with Crippen molar-refractivity contribution in [2.45, 2.75) is 6.61 Å². The van der Waals surface area contributed by atoms with Gasteiger partial charge in [-0.1, -0.05) is 24.3 Å². The maximum absolute atomic E-state index is 12.1. The number of fused-ring (bicyclic) bond motifs is 2. The van der Waals surface area contributed by atoms with Crippen molar-refractivity contribution in [1.29, 1.82) is 0 Å². The van der Waals surface area contributed by atoms with Gasteiger partial charge in [0.1, 0.15) is 11.6 Å². The van der Waals surface area contributed by atoms with Gasteiger partial charge in [-0.2, -0.15) is 0 Å². The first-order valence-corrected chi connectivity index (χ1v) is 7.84. The highest BCUT2D eigenvalue weighted by Crippen LogP contribution is 2.22. The number of esters is 1. The van der Waals surface area contributed by atoms with Crippen LogP contribution in [-0.2, 0) is 11.3 Å². The second kappa shape index (κ2) is 5.73. The van der Waals surface area contributed by atoms with Gasteiger partial charge in [0.15, 0.2) is 5.69 Å². The first kappa shape index (κ1) is 13.8. The fraction of sp³-hybridized carbons (Fsp3) is 0.0588. The summed E-state index contributed by atoms with van der Waals surface area (Å²) >= 11 is 1.51. The molecule has 2 aromatic carbocycles. The minimum absolute atomic E-state index is 0.132. The highest BCUT2D eigenvalue weighted by Gasteiger charge is 2.12. The summed E-state index contributed by atoms with van der Waals surface area (Å²) in [5.41, 5.74) is 2.52. The van der Waals surface area contributed by atoms with Crippen molar-refractivity contribution in [3.8, 4) is 0 Å². The van der Waals surface area contributed by atoms with Gasteiger partial charge in [-0.15, -0.1) is 11.3 Å². The van der Waals surface area contributed by atoms with E-state index in [1.165, 1.54) is 17.5 Å². The Hall–Kier alpha value is -2.86. The van der Waals surface area contributed by atoms with Crippen LogP contribution in [0.5, 0.6) is 0 Å². The van der Waals surface area contributed by atoms with Crippen LogP contribution in [0.4, 0.5) is 0 Å². The van der Waals surface area contributed by atoms with Crippen molar-refractivity contribution in [2.24, 2.45) is 0 Å². The second-order valence-corrected chi connectivity index (χ2v) is 6.01. The van der Waals surface area contributed by atoms with Crippen molar-refractivity contribution in [3.63, 3.8) is 0 Å². The molecule has 0 atom stereocenters. The summed E-state index contributed by atoms with van der Waals surface area (Å²) in [6.45, 7) is 0.132. The van der Waals surface area contributed by atoms with Crippen LogP contribution < -0.4 is 0 Å². The normalized spacial score (nSPS) is 11.0. The summed E-state index contributed by atoms with van der Waals surface area (Å²) in [5, 5.41) is 0.758. The Balaban J connectivity index is 1.52. The molecule has 0 radical (unpaired) electrons. The van der Waals surface area contributed by atoms with Crippen molar-refractivity contribution in [3.05, 3.63) is 65.4 Å². The topological polar surface area (TPSA) is 65.0 Å². The van der Waals surface area contributed by atoms with E-state index in [1.807, 2.05) is 48.5 Å². The molecule has 0 aliphatic rings. The molecule has 0 N–H and O–H groups in total. The molecule has 0 saturated heterocycles. The number of rotatable bonds is 3. The number of hydrogen-bond acceptors (Lipinski definition) is 6. The van der Waals surface area contributed by atoms with Gasteiger partial charge in [0.25, 0.3) is 0 Å². The molecule has 2 heterocycles. The van der Waals surface area contributed by atoms with Gasteiger partial charge in [-0.05, 0) is 24.3 Å². The number of para-hydroxylation sites is 3. The lowest BCUT2D eigenvalue weighted by atomic mass is 10.3. The number of nitrogens with zero attached hydrogens (tertiary/aromatic N) is 3. The summed E-state index contributed by atoms with van der Waals surface area (Å²) in [4.78, 5) is 25.1. The molecule has 0 fully saturated rings. The molecule has 0 amide bonds. The highest BCUT2D eigenvalue weighted by molar-refractivity contribution is 7.18. The quantitative estimate of drug-likeness (QED) is 0.539. The molecule has 0 bridgehead atoms. The monoisotopic (exact) mass is 321 g/mol. The molecule has 112 valence electrons. The Morgan fingerprint density at radius 2 is 1.70 bits per heavy atom. The molecule has 4 rings (SSSR count). The van der Waals surface area contributed by atoms with Crippen LogP contribution in [-0.4, -0.2) is 20.9 Å². The average Bonchev–Trinajstić information content (AvgIpc) is 3.02. The number of hydrogen-bond donors (Lipinski definition) is 0. The molecule has 2 aromatic heterocycles. The van der Waals surface area contributed by atoms with E-state index in [1.54, 1.807) is 0 Å². The Morgan fingerprint density at radius 3 is 2.52 bits per heavy atom. The zero-order valence-electron chi connectivity index (χ0n) is 12.0. The highest BCUT2D eigenvalue weighted by atomic mass is 32.1. The molecule has 5 nitrogen and oxygen atoms in total. The zero-order chi connectivity index (χ0) is 15.6. The minimum atomic E-state index is -0.498. The van der Waals surface area contributed by atoms with E-state index in [0.717, 1.165) is 20.7 Å². The lowest BCUT2D eigenvalue weighted by molar-refractivity contribution is 0.0465. The number of carbonyl (C=O) groups excluding carboxylic acids is 1. The van der Waals surface area contributed by atoms with Crippen LogP contribution in [0.2, 0.25) is 0 Å². The molecule has 0 aliphatic carbocycles. The lowest BCUT2D eigenvalue weighted by Crippen LogP contribution is -2.08. The third-order valence-corrected chi connectivity index (χ3v) is 4.33. The number of aromatic nitrogens is 3. The van der Waals surface area contributed by atoms with Crippen LogP contribution in [0.1, 0.15) is 15.5 Å². The van der Waals surface area contributed by atoms with Crippen LogP contribution >= 0.6 is 11.3 Å². The van der Waals surface area contributed by atoms with E-state index in [0.29, 0.717) is 5.52 Å². The molecular formula is C17H11N3O2S. The summed E-state index contributed by atoms with van der Waals surface area (Å²) in [6.07, 6.45) is 1.43. The maximum atomic E-state index is 12.1. The van der Waals surface area contributed by atoms with Gasteiger partial charge >= 0.3 is 5.97 Å². The summed E-state index contributed by atoms with van der Waals surface area (Å²) < 4.78 is 6.37. The second-order valence-electron chi connectivity index (χ2n) is 4.90. The van der Waals surface area contributed by atoms with Gasteiger partial charge in [-0.3, -0.25) is 4.98 Å². The van der Waals surface area contributed by atoms with Crippen molar-refractivity contribution in [1.82, 2.24) is 15.0 Å². The third-order valence-electron chi connectivity index (χ3n) is 3.32. The van der Waals surface area contributed by atoms with Gasteiger partial charge in [0, 0.05) is 0 Å². The molecule has 0 spiro atoms. The average molecular weight is 321 g/mol. The SMILES string of the molecule is O=C(OCc1nc2ccccc2s1)c1cnc2ccccc2n1. The van der Waals surface area contributed by atoms with Gasteiger partial charge in [-0.25, -0.2) is 14.8 Å². The van der Waals surface area contributed by atoms with Gasteiger partial charge in [0.05, 0.1) is 27.4 Å². The predicted octanol–water partition coefficient (Wildman–Crippen LogP) is 3.60. The van der Waals surface area contributed by atoms with Crippen molar-refractivity contribution >= 4 is 38.6 Å². The Morgan fingerprint density at radius 1 is 0.957 bits per heavy atom. The van der Waals surface area contributed by atoms with E-state index in [4.69, 9.17) is 4.74 Å². The summed E-state index contributed by atoms with van der Waals surface area (Å²) in [5.74, 6) is -0.498. The van der Waals surface area contributed by atoms with E-state index < -0.39 is 5.97 Å². The first-order valence-electron chi connectivity index (χ1n) is 7.03. The van der Waals surface area contributed by atoms with E-state index in [-0.39, 0.29) is 12.3 Å². The molecule has 0 aliphatic heterocycles. The summed E-state index contributed by atoms with van der Waals surface area (Å²) in [7, 11) is 0. The Kier molecular flexibility index (Phi) is 3.44. The molecule has 0 saturated carbocycles. The Bertz CT molecular complexity index is 980. The fourth-order valence-electron chi connectivity index (χ4n) is 2.24. The lowest BCUT2D eigenvalue weighted by Gasteiger charge is -2.03. The van der Waals surface area contributed by atoms with E-state index in [9.17, 15) is 4.79 Å². The van der Waals surface area contributed by atoms with Crippen LogP contribution in [0.25, 0.3) is 21.3 Å². The van der Waals surface area contributed by atoms with Gasteiger partial charge in [0.2, 0.25) is 0 Å². The fourth-order valence-corrected chi connectivity index (χ4v) is 3.12. The Labute approximate surface area is 135 Å². The third kappa shape index (κ3) is 2.76. The zero-order valence-corrected chi connectivity index (χ0v) is 12.8. The van der Waals surface area contributed by atoms with Gasteiger partial charge < -0.3 is 4.74 Å². The standard InChI is InChI=1S/C17H11N3O2S/c21-17(14-9-18-11-5-1-2-6-12(11)19-14)22-10-16-20-13-7-3-4-8-15(13)23-16/h1-9H,10H2. The molecular weight excluding hydrogens is 310 g/mol. The molecule has 6 heteroatoms. The molecule has 23 heavy (non-hydrogen) atoms. The maximum Gasteiger partial charge on any atom is 0.358 e. The van der Waals surface area contributed by atoms with Crippen LogP contribution in [0.15, 0.2) is 54.7 Å². The largest absolute Gasteiger partial charge is 0.454 e. The van der Waals surface area contributed by atoms with E-state index >= 15 is 0 Å². The number of benzene rings is 2. The van der Waals surface area contributed by atoms with Crippen molar-refractivity contribution < 1.29 is 9.53 Å².